The lowest BCUT2D eigenvalue weighted by Gasteiger charge is -2.01. The van der Waals surface area contributed by atoms with Crippen molar-refractivity contribution >= 4 is 33.8 Å². The standard InChI is InChI=1S/C13H11N5S/c1-2-4-10(5-3-1)16-12-9-19-13(18-12)17-11-8-14-6-7-15-11/h1-9,16H,(H,15,17,18). The van der Waals surface area contributed by atoms with Crippen molar-refractivity contribution in [1.82, 2.24) is 15.0 Å². The van der Waals surface area contributed by atoms with Gasteiger partial charge in [0.05, 0.1) is 6.20 Å². The second kappa shape index (κ2) is 5.45. The van der Waals surface area contributed by atoms with E-state index in [2.05, 4.69) is 25.6 Å². The average Bonchev–Trinajstić information content (AvgIpc) is 2.88. The number of rotatable bonds is 4. The van der Waals surface area contributed by atoms with Gasteiger partial charge < -0.3 is 10.6 Å². The average molecular weight is 269 g/mol. The second-order valence-corrected chi connectivity index (χ2v) is 4.60. The third kappa shape index (κ3) is 3.05. The highest BCUT2D eigenvalue weighted by molar-refractivity contribution is 7.14. The molecule has 0 aliphatic heterocycles. The van der Waals surface area contributed by atoms with E-state index in [1.54, 1.807) is 18.6 Å². The molecule has 0 fully saturated rings. The zero-order valence-electron chi connectivity index (χ0n) is 9.95. The first-order valence-corrected chi connectivity index (χ1v) is 6.59. The van der Waals surface area contributed by atoms with Crippen LogP contribution in [0.25, 0.3) is 0 Å². The number of para-hydroxylation sites is 1. The van der Waals surface area contributed by atoms with E-state index >= 15 is 0 Å². The van der Waals surface area contributed by atoms with E-state index in [9.17, 15) is 0 Å². The molecule has 0 atom stereocenters. The van der Waals surface area contributed by atoms with Gasteiger partial charge in [0.25, 0.3) is 0 Å². The number of thiazole rings is 1. The van der Waals surface area contributed by atoms with Crippen molar-refractivity contribution in [3.8, 4) is 0 Å². The smallest absolute Gasteiger partial charge is 0.190 e. The van der Waals surface area contributed by atoms with Crippen LogP contribution in [0, 0.1) is 0 Å². The van der Waals surface area contributed by atoms with Crippen LogP contribution in [-0.2, 0) is 0 Å². The summed E-state index contributed by atoms with van der Waals surface area (Å²) in [5.74, 6) is 1.49. The molecule has 6 heteroatoms. The highest BCUT2D eigenvalue weighted by Crippen LogP contribution is 2.24. The Hall–Kier alpha value is -2.47. The Morgan fingerprint density at radius 3 is 2.63 bits per heavy atom. The van der Waals surface area contributed by atoms with Crippen molar-refractivity contribution < 1.29 is 0 Å². The molecule has 0 saturated carbocycles. The minimum absolute atomic E-state index is 0.683. The van der Waals surface area contributed by atoms with Gasteiger partial charge in [-0.25, -0.2) is 9.97 Å². The number of hydrogen-bond acceptors (Lipinski definition) is 6. The molecule has 3 aromatic rings. The summed E-state index contributed by atoms with van der Waals surface area (Å²) in [6.07, 6.45) is 4.93. The van der Waals surface area contributed by atoms with Gasteiger partial charge in [-0.1, -0.05) is 18.2 Å². The highest BCUT2D eigenvalue weighted by Gasteiger charge is 2.03. The Morgan fingerprint density at radius 1 is 0.947 bits per heavy atom. The molecule has 19 heavy (non-hydrogen) atoms. The summed E-state index contributed by atoms with van der Waals surface area (Å²) >= 11 is 1.51. The fourth-order valence-corrected chi connectivity index (χ4v) is 2.18. The molecule has 0 radical (unpaired) electrons. The maximum absolute atomic E-state index is 4.43. The predicted molar refractivity (Wildman–Crippen MR) is 77.2 cm³/mol. The molecule has 0 aliphatic rings. The van der Waals surface area contributed by atoms with Gasteiger partial charge in [-0.05, 0) is 12.1 Å². The number of benzene rings is 1. The third-order valence-corrected chi connectivity index (χ3v) is 3.11. The first kappa shape index (κ1) is 11.6. The Bertz CT molecular complexity index is 582. The van der Waals surface area contributed by atoms with Crippen LogP contribution >= 0.6 is 11.3 Å². The number of nitrogens with one attached hydrogen (secondary N) is 2. The van der Waals surface area contributed by atoms with Crippen LogP contribution in [0.3, 0.4) is 0 Å². The highest BCUT2D eigenvalue weighted by atomic mass is 32.1. The largest absolute Gasteiger partial charge is 0.339 e. The molecule has 0 amide bonds. The van der Waals surface area contributed by atoms with Crippen molar-refractivity contribution in [2.24, 2.45) is 0 Å². The lowest BCUT2D eigenvalue weighted by Crippen LogP contribution is -1.94. The summed E-state index contributed by atoms with van der Waals surface area (Å²) < 4.78 is 0. The molecule has 0 spiro atoms. The van der Waals surface area contributed by atoms with Crippen molar-refractivity contribution in [2.75, 3.05) is 10.6 Å². The van der Waals surface area contributed by atoms with Crippen LogP contribution in [0.2, 0.25) is 0 Å². The lowest BCUT2D eigenvalue weighted by molar-refractivity contribution is 1.19. The molecular weight excluding hydrogens is 258 g/mol. The third-order valence-electron chi connectivity index (χ3n) is 2.35. The molecule has 2 N–H and O–H groups in total. The van der Waals surface area contributed by atoms with Crippen LogP contribution < -0.4 is 10.6 Å². The maximum Gasteiger partial charge on any atom is 0.190 e. The van der Waals surface area contributed by atoms with E-state index in [0.29, 0.717) is 5.82 Å². The van der Waals surface area contributed by atoms with Gasteiger partial charge in [0.15, 0.2) is 10.9 Å². The summed E-state index contributed by atoms with van der Waals surface area (Å²) in [4.78, 5) is 12.6. The molecule has 0 bridgehead atoms. The summed E-state index contributed by atoms with van der Waals surface area (Å²) in [6, 6.07) is 9.93. The Labute approximate surface area is 114 Å². The minimum Gasteiger partial charge on any atom is -0.339 e. The van der Waals surface area contributed by atoms with Gasteiger partial charge in [-0.15, -0.1) is 11.3 Å². The number of hydrogen-bond donors (Lipinski definition) is 2. The second-order valence-electron chi connectivity index (χ2n) is 3.74. The molecule has 0 saturated heterocycles. The fourth-order valence-electron chi connectivity index (χ4n) is 1.53. The topological polar surface area (TPSA) is 62.7 Å². The summed E-state index contributed by atoms with van der Waals surface area (Å²) in [5, 5.41) is 9.06. The Balaban J connectivity index is 1.70. The van der Waals surface area contributed by atoms with Crippen LogP contribution in [0.15, 0.2) is 54.3 Å². The van der Waals surface area contributed by atoms with Gasteiger partial charge in [0.2, 0.25) is 0 Å². The first-order valence-electron chi connectivity index (χ1n) is 5.71. The normalized spacial score (nSPS) is 10.1. The van der Waals surface area contributed by atoms with Crippen LogP contribution in [0.1, 0.15) is 0 Å². The maximum atomic E-state index is 4.43. The quantitative estimate of drug-likeness (QED) is 0.760. The number of nitrogens with zero attached hydrogens (tertiary/aromatic N) is 3. The number of aromatic nitrogens is 3. The van der Waals surface area contributed by atoms with Crippen LogP contribution in [-0.4, -0.2) is 15.0 Å². The number of anilines is 4. The van der Waals surface area contributed by atoms with Crippen molar-refractivity contribution in [3.05, 3.63) is 54.3 Å². The molecule has 2 heterocycles. The summed E-state index contributed by atoms with van der Waals surface area (Å²) in [7, 11) is 0. The van der Waals surface area contributed by atoms with Gasteiger partial charge in [0, 0.05) is 23.5 Å². The molecule has 1 aromatic carbocycles. The minimum atomic E-state index is 0.683. The van der Waals surface area contributed by atoms with Gasteiger partial charge in [-0.2, -0.15) is 0 Å². The van der Waals surface area contributed by atoms with Crippen LogP contribution in [0.5, 0.6) is 0 Å². The summed E-state index contributed by atoms with van der Waals surface area (Å²) in [6.45, 7) is 0. The lowest BCUT2D eigenvalue weighted by atomic mass is 10.3. The van der Waals surface area contributed by atoms with E-state index in [4.69, 9.17) is 0 Å². The van der Waals surface area contributed by atoms with Gasteiger partial charge in [-0.3, -0.25) is 4.98 Å². The van der Waals surface area contributed by atoms with E-state index in [1.165, 1.54) is 11.3 Å². The molecular formula is C13H11N5S. The molecule has 0 unspecified atom stereocenters. The molecule has 5 nitrogen and oxygen atoms in total. The van der Waals surface area contributed by atoms with E-state index in [0.717, 1.165) is 16.6 Å². The Kier molecular flexibility index (Phi) is 3.33. The first-order chi connectivity index (χ1) is 9.40. The van der Waals surface area contributed by atoms with Gasteiger partial charge in [0.1, 0.15) is 5.82 Å². The SMILES string of the molecule is c1ccc(Nc2csc(Nc3cnccn3)n2)cc1. The Morgan fingerprint density at radius 2 is 1.84 bits per heavy atom. The van der Waals surface area contributed by atoms with E-state index in [1.807, 2.05) is 35.7 Å². The summed E-state index contributed by atoms with van der Waals surface area (Å²) in [5.41, 5.74) is 1.01. The van der Waals surface area contributed by atoms with Crippen molar-refractivity contribution in [2.45, 2.75) is 0 Å². The molecule has 0 aliphatic carbocycles. The monoisotopic (exact) mass is 269 g/mol. The molecule has 3 rings (SSSR count). The van der Waals surface area contributed by atoms with Gasteiger partial charge >= 0.3 is 0 Å². The molecule has 2 aromatic heterocycles. The molecule has 94 valence electrons. The fraction of sp³-hybridized carbons (Fsp3) is 0. The van der Waals surface area contributed by atoms with Crippen LogP contribution in [0.4, 0.5) is 22.5 Å². The zero-order chi connectivity index (χ0) is 12.9. The van der Waals surface area contributed by atoms with Crippen molar-refractivity contribution in [1.29, 1.82) is 0 Å². The van der Waals surface area contributed by atoms with E-state index < -0.39 is 0 Å². The zero-order valence-corrected chi connectivity index (χ0v) is 10.8. The predicted octanol–water partition coefficient (Wildman–Crippen LogP) is 3.42. The van der Waals surface area contributed by atoms with Crippen molar-refractivity contribution in [3.63, 3.8) is 0 Å². The van der Waals surface area contributed by atoms with E-state index in [-0.39, 0.29) is 0 Å².